The Labute approximate surface area is 181 Å². The van der Waals surface area contributed by atoms with E-state index in [4.69, 9.17) is 0 Å². The van der Waals surface area contributed by atoms with E-state index in [0.29, 0.717) is 16.0 Å². The van der Waals surface area contributed by atoms with Crippen molar-refractivity contribution in [2.24, 2.45) is 0 Å². The summed E-state index contributed by atoms with van der Waals surface area (Å²) in [4.78, 5) is 38.3. The highest BCUT2D eigenvalue weighted by atomic mass is 16.5. The first-order chi connectivity index (χ1) is 15.6. The zero-order valence-corrected chi connectivity index (χ0v) is 16.6. The van der Waals surface area contributed by atoms with Crippen LogP contribution in [-0.4, -0.2) is 36.7 Å². The van der Waals surface area contributed by atoms with E-state index >= 15 is 0 Å². The highest BCUT2D eigenvalue weighted by Gasteiger charge is 2.27. The molecule has 0 spiro atoms. The van der Waals surface area contributed by atoms with E-state index in [1.54, 1.807) is 30.3 Å². The fourth-order valence-corrected chi connectivity index (χ4v) is 3.02. The Bertz CT molecular complexity index is 1480. The second kappa shape index (κ2) is 7.88. The van der Waals surface area contributed by atoms with Crippen molar-refractivity contribution >= 4 is 16.9 Å². The summed E-state index contributed by atoms with van der Waals surface area (Å²) in [5.74, 6) is 5.30. The smallest absolute Gasteiger partial charge is 0.276 e. The molecule has 10 heteroatoms. The van der Waals surface area contributed by atoms with E-state index in [-0.39, 0.29) is 28.7 Å². The Morgan fingerprint density at radius 2 is 2.03 bits per heavy atom. The Morgan fingerprint density at radius 3 is 2.84 bits per heavy atom. The van der Waals surface area contributed by atoms with E-state index in [9.17, 15) is 14.8 Å². The van der Waals surface area contributed by atoms with E-state index < -0.39 is 11.3 Å². The maximum Gasteiger partial charge on any atom is 0.276 e. The Morgan fingerprint density at radius 1 is 1.16 bits per heavy atom. The van der Waals surface area contributed by atoms with Crippen molar-refractivity contribution in [3.63, 3.8) is 0 Å². The van der Waals surface area contributed by atoms with Gasteiger partial charge in [-0.2, -0.15) is 14.5 Å². The summed E-state index contributed by atoms with van der Waals surface area (Å²) in [5, 5.41) is 18.6. The van der Waals surface area contributed by atoms with Gasteiger partial charge in [-0.1, -0.05) is 5.92 Å². The van der Waals surface area contributed by atoms with Crippen molar-refractivity contribution in [1.82, 2.24) is 30.0 Å². The molecule has 10 nitrogen and oxygen atoms in total. The number of carbonyl (C=O) groups excluding carboxylic acids is 1. The van der Waals surface area contributed by atoms with Gasteiger partial charge < -0.3 is 10.5 Å². The predicted octanol–water partition coefficient (Wildman–Crippen LogP) is 0.496. The minimum Gasteiger partial charge on any atom is -0.619 e. The van der Waals surface area contributed by atoms with Crippen LogP contribution in [-0.2, 0) is 0 Å². The van der Waals surface area contributed by atoms with Crippen molar-refractivity contribution < 1.29 is 9.52 Å². The van der Waals surface area contributed by atoms with Crippen LogP contribution < -0.4 is 15.5 Å². The Hall–Kier alpha value is -4.65. The van der Waals surface area contributed by atoms with Gasteiger partial charge in [0.25, 0.3) is 11.9 Å². The van der Waals surface area contributed by atoms with Gasteiger partial charge in [0, 0.05) is 24.5 Å². The van der Waals surface area contributed by atoms with Crippen LogP contribution in [0, 0.1) is 17.0 Å². The van der Waals surface area contributed by atoms with E-state index in [0.717, 1.165) is 12.8 Å². The second-order valence-corrected chi connectivity index (χ2v) is 7.16. The molecule has 1 N–H and O–H groups in total. The standard InChI is InChI=1S/C22H15N7O3/c30-19-17-4-1-10-23-20(17)29(27-18(19)21(31)25-15-7-8-15)22-24-11-9-16(26-22)6-5-14-3-2-12-28(32)13-14/h1-4,9-13,15H,7-8H2,(H,25,31). The van der Waals surface area contributed by atoms with Crippen LogP contribution in [0.5, 0.6) is 0 Å². The molecule has 0 unspecified atom stereocenters. The normalized spacial score (nSPS) is 12.8. The van der Waals surface area contributed by atoms with Crippen LogP contribution in [0.1, 0.15) is 34.6 Å². The monoisotopic (exact) mass is 425 g/mol. The quantitative estimate of drug-likeness (QED) is 0.287. The van der Waals surface area contributed by atoms with Crippen LogP contribution >= 0.6 is 0 Å². The van der Waals surface area contributed by atoms with Gasteiger partial charge in [-0.05, 0) is 43.0 Å². The molecule has 4 aromatic rings. The summed E-state index contributed by atoms with van der Waals surface area (Å²) in [6, 6.07) is 8.16. The Kier molecular flexibility index (Phi) is 4.76. The molecule has 5 rings (SSSR count). The van der Waals surface area contributed by atoms with Crippen molar-refractivity contribution in [3.05, 3.63) is 87.5 Å². The molecule has 0 aromatic carbocycles. The lowest BCUT2D eigenvalue weighted by molar-refractivity contribution is -0.605. The third-order valence-electron chi connectivity index (χ3n) is 4.72. The molecule has 0 saturated heterocycles. The number of amides is 1. The number of hydrogen-bond donors (Lipinski definition) is 1. The summed E-state index contributed by atoms with van der Waals surface area (Å²) in [5.41, 5.74) is 0.358. The maximum atomic E-state index is 12.8. The number of nitrogens with one attached hydrogen (secondary N) is 1. The molecule has 156 valence electrons. The van der Waals surface area contributed by atoms with Gasteiger partial charge in [0.1, 0.15) is 5.69 Å². The minimum atomic E-state index is -0.539. The minimum absolute atomic E-state index is 0.0717. The summed E-state index contributed by atoms with van der Waals surface area (Å²) in [6.07, 6.45) is 7.48. The summed E-state index contributed by atoms with van der Waals surface area (Å²) < 4.78 is 1.92. The van der Waals surface area contributed by atoms with E-state index in [1.807, 2.05) is 0 Å². The van der Waals surface area contributed by atoms with Crippen LogP contribution in [0.3, 0.4) is 0 Å². The number of hydrogen-bond acceptors (Lipinski definition) is 7. The molecular weight excluding hydrogens is 410 g/mol. The van der Waals surface area contributed by atoms with Crippen LogP contribution in [0.15, 0.2) is 59.9 Å². The Balaban J connectivity index is 1.60. The molecule has 1 saturated carbocycles. The SMILES string of the molecule is O=C(NC1CC1)c1nn(-c2nccc(C#Cc3ccc[n+]([O-])c3)n2)c2ncccc2c1=O. The largest absolute Gasteiger partial charge is 0.619 e. The topological polar surface area (TPSA) is 130 Å². The number of aromatic nitrogens is 6. The maximum absolute atomic E-state index is 12.8. The van der Waals surface area contributed by atoms with Gasteiger partial charge in [0.2, 0.25) is 5.43 Å². The van der Waals surface area contributed by atoms with Crippen molar-refractivity contribution in [3.8, 4) is 17.8 Å². The fourth-order valence-electron chi connectivity index (χ4n) is 3.02. The third-order valence-corrected chi connectivity index (χ3v) is 4.72. The molecule has 1 aliphatic rings. The van der Waals surface area contributed by atoms with Gasteiger partial charge in [-0.3, -0.25) is 9.59 Å². The molecule has 1 aliphatic carbocycles. The summed E-state index contributed by atoms with van der Waals surface area (Å²) in [6.45, 7) is 0. The first-order valence-electron chi connectivity index (χ1n) is 9.82. The first kappa shape index (κ1) is 19.3. The first-order valence-corrected chi connectivity index (χ1v) is 9.82. The summed E-state index contributed by atoms with van der Waals surface area (Å²) in [7, 11) is 0. The van der Waals surface area contributed by atoms with Crippen LogP contribution in [0.25, 0.3) is 17.0 Å². The molecular formula is C22H15N7O3. The highest BCUT2D eigenvalue weighted by Crippen LogP contribution is 2.19. The van der Waals surface area contributed by atoms with E-state index in [1.165, 1.54) is 29.5 Å². The second-order valence-electron chi connectivity index (χ2n) is 7.16. The lowest BCUT2D eigenvalue weighted by Gasteiger charge is -2.10. The molecule has 4 heterocycles. The van der Waals surface area contributed by atoms with Gasteiger partial charge >= 0.3 is 0 Å². The van der Waals surface area contributed by atoms with Crippen molar-refractivity contribution in [2.75, 3.05) is 0 Å². The van der Waals surface area contributed by atoms with Crippen LogP contribution in [0.4, 0.5) is 0 Å². The molecule has 0 radical (unpaired) electrons. The van der Waals surface area contributed by atoms with Gasteiger partial charge in [0.05, 0.1) is 10.9 Å². The molecule has 0 aliphatic heterocycles. The molecule has 0 atom stereocenters. The van der Waals surface area contributed by atoms with Gasteiger partial charge in [-0.25, -0.2) is 15.0 Å². The average Bonchev–Trinajstić information content (AvgIpc) is 3.62. The molecule has 1 fully saturated rings. The predicted molar refractivity (Wildman–Crippen MR) is 113 cm³/mol. The number of pyridine rings is 2. The lowest BCUT2D eigenvalue weighted by atomic mass is 10.2. The van der Waals surface area contributed by atoms with Crippen molar-refractivity contribution in [2.45, 2.75) is 18.9 Å². The molecule has 1 amide bonds. The van der Waals surface area contributed by atoms with E-state index in [2.05, 4.69) is 37.2 Å². The zero-order chi connectivity index (χ0) is 22.1. The molecule has 0 bridgehead atoms. The number of carbonyl (C=O) groups is 1. The zero-order valence-electron chi connectivity index (χ0n) is 16.6. The van der Waals surface area contributed by atoms with Gasteiger partial charge in [0.15, 0.2) is 23.7 Å². The molecule has 4 aromatic heterocycles. The molecule has 32 heavy (non-hydrogen) atoms. The fraction of sp³-hybridized carbons (Fsp3) is 0.136. The number of nitrogens with zero attached hydrogens (tertiary/aromatic N) is 6. The lowest BCUT2D eigenvalue weighted by Crippen LogP contribution is -2.33. The van der Waals surface area contributed by atoms with Crippen molar-refractivity contribution in [1.29, 1.82) is 0 Å². The van der Waals surface area contributed by atoms with Crippen LogP contribution in [0.2, 0.25) is 0 Å². The third kappa shape index (κ3) is 3.87. The summed E-state index contributed by atoms with van der Waals surface area (Å²) >= 11 is 0. The van der Waals surface area contributed by atoms with Gasteiger partial charge in [-0.15, -0.1) is 0 Å². The number of fused-ring (bicyclic) bond motifs is 1. The highest BCUT2D eigenvalue weighted by molar-refractivity contribution is 5.95. The average molecular weight is 425 g/mol. The number of rotatable bonds is 3.